The second-order valence-corrected chi connectivity index (χ2v) is 8.00. The number of rotatable bonds is 9. The summed E-state index contributed by atoms with van der Waals surface area (Å²) in [6, 6.07) is 4.56. The van der Waals surface area contributed by atoms with Crippen molar-refractivity contribution in [1.82, 2.24) is 5.32 Å². The van der Waals surface area contributed by atoms with Gasteiger partial charge in [-0.25, -0.2) is 14.0 Å². The van der Waals surface area contributed by atoms with Crippen molar-refractivity contribution in [1.29, 1.82) is 0 Å². The van der Waals surface area contributed by atoms with Crippen LogP contribution in [0.5, 0.6) is 11.5 Å². The van der Waals surface area contributed by atoms with Crippen LogP contribution in [-0.2, 0) is 9.47 Å². The Morgan fingerprint density at radius 3 is 2.36 bits per heavy atom. The largest absolute Gasteiger partial charge is 0.492 e. The number of halogens is 1. The quantitative estimate of drug-likeness (QED) is 0.637. The summed E-state index contributed by atoms with van der Waals surface area (Å²) in [5, 5.41) is 2.70. The number of ether oxygens (including phenoxy) is 4. The molecular weight excluding hydrogens is 369 g/mol. The second kappa shape index (κ2) is 10.1. The maximum atomic E-state index is 12.3. The van der Waals surface area contributed by atoms with Crippen LogP contribution in [0.3, 0.4) is 0 Å². The Labute approximate surface area is 165 Å². The van der Waals surface area contributed by atoms with Crippen LogP contribution in [0.15, 0.2) is 18.2 Å². The summed E-state index contributed by atoms with van der Waals surface area (Å²) in [4.78, 5) is 23.8. The van der Waals surface area contributed by atoms with Crippen molar-refractivity contribution in [3.63, 3.8) is 0 Å². The van der Waals surface area contributed by atoms with E-state index in [-0.39, 0.29) is 24.5 Å². The number of amides is 1. The van der Waals surface area contributed by atoms with Crippen LogP contribution in [0.4, 0.5) is 9.18 Å². The number of carbonyl (C=O) groups is 2. The molecule has 0 saturated heterocycles. The van der Waals surface area contributed by atoms with Crippen LogP contribution in [0.2, 0.25) is 0 Å². The van der Waals surface area contributed by atoms with Gasteiger partial charge in [-0.15, -0.1) is 0 Å². The SMILES string of the molecule is COC(=O)c1ccc(OCCF)cc1OCC(C)(C)CNC(=O)OC(C)(C)C. The van der Waals surface area contributed by atoms with Crippen molar-refractivity contribution in [3.8, 4) is 11.5 Å². The maximum Gasteiger partial charge on any atom is 0.407 e. The number of benzene rings is 1. The summed E-state index contributed by atoms with van der Waals surface area (Å²) >= 11 is 0. The average Bonchev–Trinajstić information content (AvgIpc) is 2.61. The zero-order valence-electron chi connectivity index (χ0n) is 17.4. The molecule has 0 atom stereocenters. The highest BCUT2D eigenvalue weighted by Crippen LogP contribution is 2.28. The lowest BCUT2D eigenvalue weighted by Crippen LogP contribution is -2.40. The van der Waals surface area contributed by atoms with Crippen molar-refractivity contribution in [3.05, 3.63) is 23.8 Å². The average molecular weight is 399 g/mol. The van der Waals surface area contributed by atoms with E-state index in [1.165, 1.54) is 19.2 Å². The summed E-state index contributed by atoms with van der Waals surface area (Å²) in [6.07, 6.45) is -0.516. The zero-order valence-corrected chi connectivity index (χ0v) is 17.4. The fourth-order valence-electron chi connectivity index (χ4n) is 2.10. The molecule has 0 aliphatic carbocycles. The van der Waals surface area contributed by atoms with Gasteiger partial charge >= 0.3 is 12.1 Å². The highest BCUT2D eigenvalue weighted by atomic mass is 19.1. The predicted octanol–water partition coefficient (Wildman–Crippen LogP) is 3.75. The van der Waals surface area contributed by atoms with Crippen molar-refractivity contribution in [2.24, 2.45) is 5.41 Å². The molecule has 0 spiro atoms. The Morgan fingerprint density at radius 1 is 1.11 bits per heavy atom. The Kier molecular flexibility index (Phi) is 8.53. The van der Waals surface area contributed by atoms with Gasteiger partial charge in [0.1, 0.15) is 35.9 Å². The van der Waals surface area contributed by atoms with Gasteiger partial charge in [0.05, 0.1) is 13.7 Å². The Hall–Kier alpha value is -2.51. The van der Waals surface area contributed by atoms with E-state index >= 15 is 0 Å². The highest BCUT2D eigenvalue weighted by molar-refractivity contribution is 5.92. The molecule has 28 heavy (non-hydrogen) atoms. The van der Waals surface area contributed by atoms with E-state index in [9.17, 15) is 14.0 Å². The van der Waals surface area contributed by atoms with Crippen molar-refractivity contribution < 1.29 is 32.9 Å². The Balaban J connectivity index is 2.79. The van der Waals surface area contributed by atoms with Gasteiger partial charge in [-0.3, -0.25) is 0 Å². The predicted molar refractivity (Wildman–Crippen MR) is 103 cm³/mol. The zero-order chi connectivity index (χ0) is 21.4. The van der Waals surface area contributed by atoms with Gasteiger partial charge in [0.25, 0.3) is 0 Å². The first-order valence-corrected chi connectivity index (χ1v) is 8.98. The summed E-state index contributed by atoms with van der Waals surface area (Å²) in [7, 11) is 1.27. The van der Waals surface area contributed by atoms with Crippen LogP contribution in [0.1, 0.15) is 45.0 Å². The molecule has 0 heterocycles. The van der Waals surface area contributed by atoms with Gasteiger partial charge in [0, 0.05) is 18.0 Å². The summed E-state index contributed by atoms with van der Waals surface area (Å²) in [6.45, 7) is 8.91. The minimum absolute atomic E-state index is 0.0949. The van der Waals surface area contributed by atoms with Gasteiger partial charge in [0.15, 0.2) is 0 Å². The number of hydrogen-bond donors (Lipinski definition) is 1. The number of methoxy groups -OCH3 is 1. The first-order chi connectivity index (χ1) is 13.0. The summed E-state index contributed by atoms with van der Waals surface area (Å²) in [5.74, 6) is 0.0790. The molecule has 0 aliphatic heterocycles. The van der Waals surface area contributed by atoms with E-state index < -0.39 is 29.8 Å². The highest BCUT2D eigenvalue weighted by Gasteiger charge is 2.24. The summed E-state index contributed by atoms with van der Waals surface area (Å²) < 4.78 is 33.4. The fourth-order valence-corrected chi connectivity index (χ4v) is 2.10. The minimum Gasteiger partial charge on any atom is -0.492 e. The smallest absolute Gasteiger partial charge is 0.407 e. The van der Waals surface area contributed by atoms with E-state index in [4.69, 9.17) is 18.9 Å². The second-order valence-electron chi connectivity index (χ2n) is 8.00. The van der Waals surface area contributed by atoms with E-state index in [1.54, 1.807) is 26.8 Å². The number of nitrogens with one attached hydrogen (secondary N) is 1. The van der Waals surface area contributed by atoms with E-state index in [2.05, 4.69) is 5.32 Å². The third kappa shape index (κ3) is 8.45. The van der Waals surface area contributed by atoms with Crippen LogP contribution >= 0.6 is 0 Å². The lowest BCUT2D eigenvalue weighted by Gasteiger charge is -2.27. The molecular formula is C20H30FNO6. The third-order valence-corrected chi connectivity index (χ3v) is 3.43. The number of esters is 1. The van der Waals surface area contributed by atoms with Crippen LogP contribution < -0.4 is 14.8 Å². The maximum absolute atomic E-state index is 12.3. The molecule has 0 aromatic heterocycles. The molecule has 1 amide bonds. The van der Waals surface area contributed by atoms with Gasteiger partial charge in [-0.1, -0.05) is 13.8 Å². The normalized spacial score (nSPS) is 11.5. The van der Waals surface area contributed by atoms with E-state index in [0.29, 0.717) is 12.3 Å². The minimum atomic E-state index is -0.627. The number of carbonyl (C=O) groups excluding carboxylic acids is 2. The molecule has 0 fully saturated rings. The molecule has 1 aromatic rings. The van der Waals surface area contributed by atoms with Crippen molar-refractivity contribution in [2.45, 2.75) is 40.2 Å². The molecule has 1 aromatic carbocycles. The molecule has 8 heteroatoms. The van der Waals surface area contributed by atoms with E-state index in [1.807, 2.05) is 13.8 Å². The Bertz CT molecular complexity index is 669. The number of alkyl halides is 1. The van der Waals surface area contributed by atoms with E-state index in [0.717, 1.165) is 0 Å². The molecule has 0 radical (unpaired) electrons. The molecule has 1 N–H and O–H groups in total. The lowest BCUT2D eigenvalue weighted by molar-refractivity contribution is 0.0492. The first-order valence-electron chi connectivity index (χ1n) is 8.98. The number of hydrogen-bond acceptors (Lipinski definition) is 6. The molecule has 0 bridgehead atoms. The third-order valence-electron chi connectivity index (χ3n) is 3.43. The molecule has 7 nitrogen and oxygen atoms in total. The standard InChI is InChI=1S/C20H30FNO6/c1-19(2,3)28-18(24)22-12-20(4,5)13-27-16-11-14(26-10-9-21)7-8-15(16)17(23)25-6/h7-8,11H,9-10,12-13H2,1-6H3,(H,22,24). The molecule has 1 rings (SSSR count). The van der Waals surface area contributed by atoms with Gasteiger partial charge in [0.2, 0.25) is 0 Å². The van der Waals surface area contributed by atoms with Gasteiger partial charge in [-0.2, -0.15) is 0 Å². The molecule has 158 valence electrons. The van der Waals surface area contributed by atoms with Gasteiger partial charge in [-0.05, 0) is 32.9 Å². The van der Waals surface area contributed by atoms with Gasteiger partial charge < -0.3 is 24.3 Å². The first kappa shape index (κ1) is 23.5. The Morgan fingerprint density at radius 2 is 1.79 bits per heavy atom. The van der Waals surface area contributed by atoms with Crippen molar-refractivity contribution >= 4 is 12.1 Å². The van der Waals surface area contributed by atoms with Crippen molar-refractivity contribution in [2.75, 3.05) is 33.5 Å². The molecule has 0 aliphatic rings. The monoisotopic (exact) mass is 399 g/mol. The number of alkyl carbamates (subject to hydrolysis) is 1. The van der Waals surface area contributed by atoms with Crippen LogP contribution in [0, 0.1) is 5.41 Å². The van der Waals surface area contributed by atoms with Crippen LogP contribution in [0.25, 0.3) is 0 Å². The fraction of sp³-hybridized carbons (Fsp3) is 0.600. The molecule has 0 saturated carbocycles. The lowest BCUT2D eigenvalue weighted by atomic mass is 9.95. The summed E-state index contributed by atoms with van der Waals surface area (Å²) in [5.41, 5.74) is -0.814. The van der Waals surface area contributed by atoms with Crippen LogP contribution in [-0.4, -0.2) is 51.2 Å². The molecule has 0 unspecified atom stereocenters. The topological polar surface area (TPSA) is 83.1 Å².